The Morgan fingerprint density at radius 1 is 0.909 bits per heavy atom. The number of nitrogens with zero attached hydrogens (tertiary/aromatic N) is 2. The summed E-state index contributed by atoms with van der Waals surface area (Å²) in [4.78, 5) is 28.2. The maximum absolute atomic E-state index is 10.4. The minimum Gasteiger partial charge on any atom is -0.366 e. The van der Waals surface area contributed by atoms with Crippen LogP contribution in [-0.4, -0.2) is 35.1 Å². The Bertz CT molecular complexity index is 556. The Hall–Kier alpha value is -2.69. The highest BCUT2D eigenvalue weighted by Gasteiger charge is 1.95. The predicted molar refractivity (Wildman–Crippen MR) is 78.9 cm³/mol. The van der Waals surface area contributed by atoms with E-state index >= 15 is 0 Å². The first kappa shape index (κ1) is 19.3. The molecule has 0 radical (unpaired) electrons. The zero-order valence-corrected chi connectivity index (χ0v) is 12.0. The van der Waals surface area contributed by atoms with Crippen molar-refractivity contribution in [3.63, 3.8) is 0 Å². The van der Waals surface area contributed by atoms with E-state index in [1.54, 1.807) is 36.7 Å². The molecule has 0 aliphatic carbocycles. The molecule has 0 aliphatic heterocycles. The van der Waals surface area contributed by atoms with Crippen molar-refractivity contribution in [3.05, 3.63) is 60.2 Å². The van der Waals surface area contributed by atoms with Crippen LogP contribution in [0.2, 0.25) is 0 Å². The van der Waals surface area contributed by atoms with E-state index in [4.69, 9.17) is 24.8 Å². The van der Waals surface area contributed by atoms with Gasteiger partial charge in [-0.15, -0.1) is 0 Å². The molecule has 0 bridgehead atoms. The largest absolute Gasteiger partial charge is 0.366 e. The topological polar surface area (TPSA) is 169 Å². The fourth-order valence-electron chi connectivity index (χ4n) is 1.02. The number of carbonyl (C=O) groups excluding carboxylic acids is 2. The SMILES string of the molecule is NC(=O)c1cccnc1.NC(=O)c1cccnc1.O=S(O)O. The summed E-state index contributed by atoms with van der Waals surface area (Å²) in [6.07, 6.45) is 6.05. The average Bonchev–Trinajstić information content (AvgIpc) is 2.49. The lowest BCUT2D eigenvalue weighted by Crippen LogP contribution is -2.10. The number of pyridine rings is 2. The lowest BCUT2D eigenvalue weighted by atomic mass is 10.3. The fourth-order valence-corrected chi connectivity index (χ4v) is 1.02. The Labute approximate surface area is 128 Å². The van der Waals surface area contributed by atoms with E-state index in [1.165, 1.54) is 12.4 Å². The highest BCUT2D eigenvalue weighted by Crippen LogP contribution is 1.92. The minimum absolute atomic E-state index is 0.442. The second-order valence-corrected chi connectivity index (χ2v) is 3.90. The molecule has 10 heteroatoms. The van der Waals surface area contributed by atoms with E-state index in [-0.39, 0.29) is 0 Å². The third-order valence-corrected chi connectivity index (χ3v) is 1.89. The van der Waals surface area contributed by atoms with Crippen molar-refractivity contribution < 1.29 is 22.9 Å². The van der Waals surface area contributed by atoms with E-state index in [0.717, 1.165) is 0 Å². The monoisotopic (exact) mass is 326 g/mol. The van der Waals surface area contributed by atoms with Gasteiger partial charge in [0.1, 0.15) is 0 Å². The van der Waals surface area contributed by atoms with Gasteiger partial charge in [0.2, 0.25) is 11.8 Å². The molecule has 0 atom stereocenters. The zero-order valence-electron chi connectivity index (χ0n) is 11.2. The normalized spacial score (nSPS) is 8.86. The first-order valence-electron chi connectivity index (χ1n) is 5.54. The van der Waals surface area contributed by atoms with Crippen LogP contribution in [0.1, 0.15) is 20.7 Å². The molecule has 6 N–H and O–H groups in total. The van der Waals surface area contributed by atoms with Crippen molar-refractivity contribution in [2.24, 2.45) is 11.5 Å². The number of aromatic nitrogens is 2. The van der Waals surface area contributed by atoms with Crippen LogP contribution in [0.3, 0.4) is 0 Å². The molecule has 0 spiro atoms. The maximum atomic E-state index is 10.4. The Morgan fingerprint density at radius 3 is 1.36 bits per heavy atom. The van der Waals surface area contributed by atoms with Gasteiger partial charge in [0.15, 0.2) is 0 Å². The average molecular weight is 326 g/mol. The van der Waals surface area contributed by atoms with Gasteiger partial charge in [-0.25, -0.2) is 0 Å². The molecule has 0 saturated heterocycles. The molecule has 118 valence electrons. The number of hydrogen-bond donors (Lipinski definition) is 4. The molecule has 0 aliphatic rings. The van der Waals surface area contributed by atoms with Crippen LogP contribution in [0.15, 0.2) is 49.1 Å². The van der Waals surface area contributed by atoms with Crippen LogP contribution in [0, 0.1) is 0 Å². The Morgan fingerprint density at radius 2 is 1.23 bits per heavy atom. The lowest BCUT2D eigenvalue weighted by molar-refractivity contribution is 0.0991. The molecule has 9 nitrogen and oxygen atoms in total. The third-order valence-electron chi connectivity index (χ3n) is 1.89. The van der Waals surface area contributed by atoms with E-state index < -0.39 is 23.2 Å². The number of primary amides is 2. The highest BCUT2D eigenvalue weighted by molar-refractivity contribution is 7.73. The van der Waals surface area contributed by atoms with Crippen LogP contribution < -0.4 is 11.5 Å². The molecule has 0 aromatic carbocycles. The summed E-state index contributed by atoms with van der Waals surface area (Å²) in [5.74, 6) is -0.883. The number of rotatable bonds is 2. The molecule has 2 amide bonds. The van der Waals surface area contributed by atoms with Gasteiger partial charge in [-0.1, -0.05) is 0 Å². The summed E-state index contributed by atoms with van der Waals surface area (Å²) >= 11 is -2.61. The number of hydrogen-bond acceptors (Lipinski definition) is 5. The van der Waals surface area contributed by atoms with Gasteiger partial charge in [0, 0.05) is 24.8 Å². The van der Waals surface area contributed by atoms with Crippen LogP contribution in [0.5, 0.6) is 0 Å². The molecule has 2 aromatic heterocycles. The molecule has 2 aromatic rings. The van der Waals surface area contributed by atoms with Gasteiger partial charge in [-0.2, -0.15) is 4.21 Å². The summed E-state index contributed by atoms with van der Waals surface area (Å²) in [6, 6.07) is 6.57. The van der Waals surface area contributed by atoms with E-state index in [9.17, 15) is 9.59 Å². The second kappa shape index (κ2) is 11.0. The summed E-state index contributed by atoms with van der Waals surface area (Å²) in [5.41, 5.74) is 10.8. The molecule has 22 heavy (non-hydrogen) atoms. The van der Waals surface area contributed by atoms with E-state index in [1.807, 2.05) is 0 Å². The molecule has 2 rings (SSSR count). The van der Waals surface area contributed by atoms with Crippen LogP contribution >= 0.6 is 0 Å². The van der Waals surface area contributed by atoms with Gasteiger partial charge in [0.05, 0.1) is 11.1 Å². The lowest BCUT2D eigenvalue weighted by Gasteiger charge is -1.88. The van der Waals surface area contributed by atoms with E-state index in [2.05, 4.69) is 9.97 Å². The smallest absolute Gasteiger partial charge is 0.299 e. The second-order valence-electron chi connectivity index (χ2n) is 3.44. The maximum Gasteiger partial charge on any atom is 0.299 e. The van der Waals surface area contributed by atoms with Crippen molar-refractivity contribution in [1.29, 1.82) is 0 Å². The predicted octanol–water partition coefficient (Wildman–Crippen LogP) is 0.0421. The molecular weight excluding hydrogens is 312 g/mol. The standard InChI is InChI=1S/2C6H6N2O.H2O3S/c2*7-6(9)5-2-1-3-8-4-5;1-4(2)3/h2*1-4H,(H2,7,9);(H2,1,2,3). The van der Waals surface area contributed by atoms with Crippen molar-refractivity contribution in [1.82, 2.24) is 9.97 Å². The van der Waals surface area contributed by atoms with Gasteiger partial charge in [0.25, 0.3) is 11.4 Å². The third kappa shape index (κ3) is 10.1. The number of nitrogens with two attached hydrogens (primary N) is 2. The van der Waals surface area contributed by atoms with Crippen molar-refractivity contribution in [3.8, 4) is 0 Å². The quantitative estimate of drug-likeness (QED) is 0.564. The summed E-state index contributed by atoms with van der Waals surface area (Å²) in [7, 11) is 0. The van der Waals surface area contributed by atoms with Gasteiger partial charge >= 0.3 is 0 Å². The molecule has 0 unspecified atom stereocenters. The Balaban J connectivity index is 0.000000326. The van der Waals surface area contributed by atoms with Crippen LogP contribution in [0.25, 0.3) is 0 Å². The van der Waals surface area contributed by atoms with Crippen LogP contribution in [-0.2, 0) is 11.4 Å². The van der Waals surface area contributed by atoms with Gasteiger partial charge in [-0.3, -0.25) is 28.7 Å². The molecule has 2 heterocycles. The number of amides is 2. The summed E-state index contributed by atoms with van der Waals surface area (Å²) < 4.78 is 22.8. The van der Waals surface area contributed by atoms with Gasteiger partial charge < -0.3 is 11.5 Å². The highest BCUT2D eigenvalue weighted by atomic mass is 32.2. The first-order valence-corrected chi connectivity index (χ1v) is 6.60. The van der Waals surface area contributed by atoms with Gasteiger partial charge in [-0.05, 0) is 24.3 Å². The van der Waals surface area contributed by atoms with Crippen molar-refractivity contribution in [2.45, 2.75) is 0 Å². The van der Waals surface area contributed by atoms with Crippen molar-refractivity contribution in [2.75, 3.05) is 0 Å². The zero-order chi connectivity index (χ0) is 17.0. The first-order chi connectivity index (χ1) is 10.3. The molecular formula is C12H14N4O5S. The minimum atomic E-state index is -2.61. The fraction of sp³-hybridized carbons (Fsp3) is 0. The summed E-state index contributed by atoms with van der Waals surface area (Å²) in [5, 5.41) is 0. The summed E-state index contributed by atoms with van der Waals surface area (Å²) in [6.45, 7) is 0. The Kier molecular flexibility index (Phi) is 9.67. The number of carbonyl (C=O) groups is 2. The van der Waals surface area contributed by atoms with Crippen molar-refractivity contribution >= 4 is 23.2 Å². The van der Waals surface area contributed by atoms with E-state index in [0.29, 0.717) is 11.1 Å². The molecule has 0 fully saturated rings. The van der Waals surface area contributed by atoms with Crippen LogP contribution in [0.4, 0.5) is 0 Å². The molecule has 0 saturated carbocycles.